The van der Waals surface area contributed by atoms with E-state index in [2.05, 4.69) is 15.6 Å². The number of carbonyl (C=O) groups excluding carboxylic acids is 1. The van der Waals surface area contributed by atoms with Gasteiger partial charge in [0.05, 0.1) is 32.6 Å². The summed E-state index contributed by atoms with van der Waals surface area (Å²) in [5, 5.41) is 44.5. The molecule has 1 aliphatic rings. The number of hydrogen-bond donors (Lipinski definition) is 5. The van der Waals surface area contributed by atoms with Crippen molar-refractivity contribution in [1.82, 2.24) is 25.6 Å². The van der Waals surface area contributed by atoms with Crippen molar-refractivity contribution in [1.29, 1.82) is 0 Å². The van der Waals surface area contributed by atoms with Crippen LogP contribution in [-0.4, -0.2) is 99.4 Å². The minimum atomic E-state index is -5.26. The maximum absolute atomic E-state index is 13.0. The Morgan fingerprint density at radius 2 is 1.90 bits per heavy atom. The molecule has 42 heavy (non-hydrogen) atoms. The van der Waals surface area contributed by atoms with Gasteiger partial charge in [0.2, 0.25) is 0 Å². The van der Waals surface area contributed by atoms with Crippen molar-refractivity contribution in [2.75, 3.05) is 20.3 Å². The number of aliphatic hydroxyl groups is 3. The molecule has 2 aromatic carbocycles. The van der Waals surface area contributed by atoms with Gasteiger partial charge in [-0.15, -0.1) is 5.10 Å². The highest BCUT2D eigenvalue weighted by Gasteiger charge is 2.49. The Kier molecular flexibility index (Phi) is 10.5. The molecule has 12 nitrogen and oxygen atoms in total. The van der Waals surface area contributed by atoms with E-state index in [1.807, 2.05) is 30.3 Å². The molecular weight excluding hydrogens is 563 g/mol. The van der Waals surface area contributed by atoms with Crippen molar-refractivity contribution in [3.63, 3.8) is 0 Å². The molecule has 1 aliphatic heterocycles. The van der Waals surface area contributed by atoms with Crippen LogP contribution >= 0.6 is 0 Å². The van der Waals surface area contributed by atoms with Crippen molar-refractivity contribution in [2.45, 2.75) is 56.0 Å². The number of carbonyl (C=O) groups is 1. The standard InChI is InChI=1S/C27H32F3N5O7/c1-40-19-9-5-8-17(10-19)20-13-35(34-33-20)14-21-23(37)24(38)22(32-26(39)27(28,29)30)25(42-21)41-15-18(36)12-31-11-16-6-3-2-4-7-16/h2-10,13,18,21-25,31,36-38H,11-12,14-15H2,1H3,(H,32,39)/t18?,21-,22-,23+,24-,25-/m1/s1. The molecule has 0 aliphatic carbocycles. The van der Waals surface area contributed by atoms with E-state index in [1.165, 1.54) is 11.8 Å². The number of methoxy groups -OCH3 is 1. The van der Waals surface area contributed by atoms with Gasteiger partial charge in [0.25, 0.3) is 0 Å². The topological polar surface area (TPSA) is 160 Å². The molecule has 1 fully saturated rings. The number of aromatic nitrogens is 3. The summed E-state index contributed by atoms with van der Waals surface area (Å²) in [6.45, 7) is -0.0631. The lowest BCUT2D eigenvalue weighted by molar-refractivity contribution is -0.273. The molecule has 228 valence electrons. The van der Waals surface area contributed by atoms with Gasteiger partial charge < -0.3 is 40.2 Å². The summed E-state index contributed by atoms with van der Waals surface area (Å²) >= 11 is 0. The van der Waals surface area contributed by atoms with Crippen LogP contribution in [0.5, 0.6) is 5.75 Å². The van der Waals surface area contributed by atoms with Gasteiger partial charge in [-0.3, -0.25) is 4.79 Å². The van der Waals surface area contributed by atoms with Gasteiger partial charge in [-0.1, -0.05) is 47.7 Å². The number of amides is 1. The second-order valence-electron chi connectivity index (χ2n) is 9.68. The molecule has 1 unspecified atom stereocenters. The van der Waals surface area contributed by atoms with Gasteiger partial charge in [-0.25, -0.2) is 4.68 Å². The highest BCUT2D eigenvalue weighted by Crippen LogP contribution is 2.26. The Labute approximate surface area is 239 Å². The van der Waals surface area contributed by atoms with Gasteiger partial charge in [0, 0.05) is 18.7 Å². The van der Waals surface area contributed by atoms with Gasteiger partial charge >= 0.3 is 12.1 Å². The second-order valence-corrected chi connectivity index (χ2v) is 9.68. The highest BCUT2D eigenvalue weighted by molar-refractivity contribution is 5.82. The summed E-state index contributed by atoms with van der Waals surface area (Å²) in [7, 11) is 1.52. The lowest BCUT2D eigenvalue weighted by Crippen LogP contribution is -2.66. The molecule has 0 bridgehead atoms. The van der Waals surface area contributed by atoms with E-state index < -0.39 is 55.4 Å². The Morgan fingerprint density at radius 1 is 1.14 bits per heavy atom. The van der Waals surface area contributed by atoms with E-state index in [4.69, 9.17) is 14.2 Å². The predicted molar refractivity (Wildman–Crippen MR) is 141 cm³/mol. The first-order valence-corrected chi connectivity index (χ1v) is 13.0. The van der Waals surface area contributed by atoms with E-state index in [9.17, 15) is 33.3 Å². The molecule has 1 saturated heterocycles. The maximum atomic E-state index is 13.0. The van der Waals surface area contributed by atoms with E-state index in [-0.39, 0.29) is 13.1 Å². The number of rotatable bonds is 12. The lowest BCUT2D eigenvalue weighted by Gasteiger charge is -2.42. The van der Waals surface area contributed by atoms with Crippen LogP contribution in [0.3, 0.4) is 0 Å². The van der Waals surface area contributed by atoms with Crippen molar-refractivity contribution >= 4 is 5.91 Å². The fourth-order valence-corrected chi connectivity index (χ4v) is 4.34. The Hall–Kier alpha value is -3.60. The Bertz CT molecular complexity index is 1300. The number of nitrogens with one attached hydrogen (secondary N) is 2. The third-order valence-electron chi connectivity index (χ3n) is 6.53. The smallest absolute Gasteiger partial charge is 0.471 e. The van der Waals surface area contributed by atoms with Gasteiger partial charge in [-0.2, -0.15) is 13.2 Å². The number of hydrogen-bond acceptors (Lipinski definition) is 10. The van der Waals surface area contributed by atoms with Gasteiger partial charge in [-0.05, 0) is 17.7 Å². The van der Waals surface area contributed by atoms with Crippen LogP contribution in [0.25, 0.3) is 11.3 Å². The van der Waals surface area contributed by atoms with Crippen molar-refractivity contribution in [2.24, 2.45) is 0 Å². The van der Waals surface area contributed by atoms with Gasteiger partial charge in [0.15, 0.2) is 6.29 Å². The molecule has 0 saturated carbocycles. The predicted octanol–water partition coefficient (Wildman–Crippen LogP) is 0.615. The summed E-state index contributed by atoms with van der Waals surface area (Å²) < 4.78 is 56.8. The lowest BCUT2D eigenvalue weighted by atomic mass is 9.96. The zero-order valence-electron chi connectivity index (χ0n) is 22.5. The number of benzene rings is 2. The van der Waals surface area contributed by atoms with Gasteiger partial charge in [0.1, 0.15) is 35.8 Å². The fourth-order valence-electron chi connectivity index (χ4n) is 4.34. The van der Waals surface area contributed by atoms with Crippen molar-refractivity contribution in [3.05, 3.63) is 66.4 Å². The molecule has 2 heterocycles. The van der Waals surface area contributed by atoms with Crippen molar-refractivity contribution in [3.8, 4) is 17.0 Å². The molecule has 1 aromatic heterocycles. The van der Waals surface area contributed by atoms with E-state index >= 15 is 0 Å². The van der Waals surface area contributed by atoms with Crippen LogP contribution in [0.2, 0.25) is 0 Å². The number of nitrogens with zero attached hydrogens (tertiary/aromatic N) is 3. The summed E-state index contributed by atoms with van der Waals surface area (Å²) in [6.07, 6.45) is -11.3. The number of aliphatic hydroxyl groups excluding tert-OH is 3. The summed E-state index contributed by atoms with van der Waals surface area (Å²) in [5.74, 6) is -1.75. The maximum Gasteiger partial charge on any atom is 0.471 e. The van der Waals surface area contributed by atoms with Crippen molar-refractivity contribution < 1.29 is 47.5 Å². The van der Waals surface area contributed by atoms with Crippen LogP contribution in [0.4, 0.5) is 13.2 Å². The van der Waals surface area contributed by atoms with E-state index in [1.54, 1.807) is 35.8 Å². The zero-order chi connectivity index (χ0) is 30.3. The molecule has 0 spiro atoms. The monoisotopic (exact) mass is 595 g/mol. The quantitative estimate of drug-likeness (QED) is 0.201. The molecule has 6 atom stereocenters. The fraction of sp³-hybridized carbons (Fsp3) is 0.444. The number of ether oxygens (including phenoxy) is 3. The van der Waals surface area contributed by atoms with Crippen LogP contribution in [0, 0.1) is 0 Å². The average molecular weight is 596 g/mol. The average Bonchev–Trinajstić information content (AvgIpc) is 3.45. The first-order valence-electron chi connectivity index (χ1n) is 13.0. The summed E-state index contributed by atoms with van der Waals surface area (Å²) in [5.41, 5.74) is 2.13. The summed E-state index contributed by atoms with van der Waals surface area (Å²) in [6, 6.07) is 14.6. The minimum Gasteiger partial charge on any atom is -0.497 e. The van der Waals surface area contributed by atoms with E-state index in [0.29, 0.717) is 23.6 Å². The van der Waals surface area contributed by atoms with Crippen LogP contribution in [0.1, 0.15) is 5.56 Å². The number of alkyl halides is 3. The third kappa shape index (κ3) is 8.24. The largest absolute Gasteiger partial charge is 0.497 e. The molecule has 1 amide bonds. The second kappa shape index (κ2) is 14.0. The zero-order valence-corrected chi connectivity index (χ0v) is 22.5. The first-order chi connectivity index (χ1) is 20.0. The normalized spacial score (nSPS) is 23.4. The van der Waals surface area contributed by atoms with Crippen LogP contribution in [-0.2, 0) is 27.4 Å². The SMILES string of the molecule is COc1cccc(-c2cn(C[C@H]3O[C@@H](OCC(O)CNCc4ccccc4)[C@H](NC(=O)C(F)(F)F)[C@@H](O)[C@H]3O)nn2)c1. The molecule has 3 aromatic rings. The summed E-state index contributed by atoms with van der Waals surface area (Å²) in [4.78, 5) is 11.7. The molecule has 4 rings (SSSR count). The molecule has 5 N–H and O–H groups in total. The van der Waals surface area contributed by atoms with E-state index in [0.717, 1.165) is 5.56 Å². The highest BCUT2D eigenvalue weighted by atomic mass is 19.4. The Balaban J connectivity index is 1.42. The minimum absolute atomic E-state index is 0.0712. The number of halogens is 3. The van der Waals surface area contributed by atoms with Crippen LogP contribution < -0.4 is 15.4 Å². The Morgan fingerprint density at radius 3 is 2.62 bits per heavy atom. The third-order valence-corrected chi connectivity index (χ3v) is 6.53. The molecule has 0 radical (unpaired) electrons. The van der Waals surface area contributed by atoms with Crippen LogP contribution in [0.15, 0.2) is 60.8 Å². The molecule has 15 heteroatoms. The molecular formula is C27H32F3N5O7. The first kappa shape index (κ1) is 31.3.